The Morgan fingerprint density at radius 1 is 1.02 bits per heavy atom. The molecular weight excluding hydrogens is 647 g/mol. The van der Waals surface area contributed by atoms with Crippen LogP contribution in [0.1, 0.15) is 11.1 Å². The Balaban J connectivity index is 1.38. The van der Waals surface area contributed by atoms with Gasteiger partial charge in [0, 0.05) is 21.5 Å². The second kappa shape index (κ2) is 11.4. The van der Waals surface area contributed by atoms with E-state index >= 15 is 0 Å². The molecule has 0 radical (unpaired) electrons. The molecule has 0 bridgehead atoms. The number of nitro benzene ring substituents is 1. The summed E-state index contributed by atoms with van der Waals surface area (Å²) in [5.41, 5.74) is 1.44. The first-order valence-electron chi connectivity index (χ1n) is 12.4. The number of fused-ring (bicyclic) bond motifs is 2. The van der Waals surface area contributed by atoms with Gasteiger partial charge in [-0.1, -0.05) is 57.3 Å². The number of halogens is 3. The third-order valence-corrected chi connectivity index (χ3v) is 7.57. The third-order valence-electron chi connectivity index (χ3n) is 6.33. The van der Waals surface area contributed by atoms with Crippen LogP contribution in [0.15, 0.2) is 104 Å². The van der Waals surface area contributed by atoms with Crippen molar-refractivity contribution in [3.8, 4) is 17.3 Å². The molecule has 12 heteroatoms. The van der Waals surface area contributed by atoms with Crippen LogP contribution in [0.5, 0.6) is 5.75 Å². The summed E-state index contributed by atoms with van der Waals surface area (Å²) in [5.74, 6) is 0.570. The van der Waals surface area contributed by atoms with Crippen molar-refractivity contribution in [1.82, 2.24) is 9.66 Å². The van der Waals surface area contributed by atoms with Crippen LogP contribution in [-0.2, 0) is 6.61 Å². The van der Waals surface area contributed by atoms with E-state index in [9.17, 15) is 14.9 Å². The Labute approximate surface area is 255 Å². The lowest BCUT2D eigenvalue weighted by Crippen LogP contribution is -2.20. The number of benzene rings is 4. The Morgan fingerprint density at radius 3 is 2.67 bits per heavy atom. The van der Waals surface area contributed by atoms with Crippen molar-refractivity contribution in [2.75, 3.05) is 0 Å². The van der Waals surface area contributed by atoms with Gasteiger partial charge in [0.15, 0.2) is 11.5 Å². The van der Waals surface area contributed by atoms with Gasteiger partial charge in [-0.05, 0) is 66.2 Å². The average molecular weight is 664 g/mol. The summed E-state index contributed by atoms with van der Waals surface area (Å²) in [4.78, 5) is 29.5. The number of hydrogen-bond donors (Lipinski definition) is 0. The SMILES string of the molecule is O=c1c2ccccc2nc(-c2cc3cc(Br)ccc3o2)n1N=Cc1ccc(OCc2ccc(Cl)c(Cl)c2)c([N+](=O)[O-])c1. The molecule has 0 saturated carbocycles. The van der Waals surface area contributed by atoms with Crippen LogP contribution in [-0.4, -0.2) is 20.8 Å². The zero-order valence-corrected chi connectivity index (χ0v) is 24.4. The summed E-state index contributed by atoms with van der Waals surface area (Å²) in [6.45, 7) is 0.0424. The largest absolute Gasteiger partial charge is 0.482 e. The van der Waals surface area contributed by atoms with Crippen LogP contribution in [0.3, 0.4) is 0 Å². The molecule has 2 aromatic heterocycles. The van der Waals surface area contributed by atoms with E-state index < -0.39 is 10.5 Å². The lowest BCUT2D eigenvalue weighted by Gasteiger charge is -2.09. The van der Waals surface area contributed by atoms with E-state index in [4.69, 9.17) is 32.4 Å². The van der Waals surface area contributed by atoms with Crippen molar-refractivity contribution in [2.24, 2.45) is 5.10 Å². The van der Waals surface area contributed by atoms with Gasteiger partial charge < -0.3 is 9.15 Å². The summed E-state index contributed by atoms with van der Waals surface area (Å²) < 4.78 is 13.7. The molecule has 0 unspecified atom stereocenters. The highest BCUT2D eigenvalue weighted by molar-refractivity contribution is 9.10. The molecule has 42 heavy (non-hydrogen) atoms. The Kier molecular flexibility index (Phi) is 7.51. The number of hydrogen-bond acceptors (Lipinski definition) is 7. The number of nitrogens with zero attached hydrogens (tertiary/aromatic N) is 4. The summed E-state index contributed by atoms with van der Waals surface area (Å²) in [7, 11) is 0. The third kappa shape index (κ3) is 5.52. The molecule has 6 aromatic rings. The molecule has 4 aromatic carbocycles. The van der Waals surface area contributed by atoms with Gasteiger partial charge in [0.25, 0.3) is 5.56 Å². The van der Waals surface area contributed by atoms with Crippen LogP contribution in [0.25, 0.3) is 33.5 Å². The van der Waals surface area contributed by atoms with E-state index in [1.807, 2.05) is 12.1 Å². The number of aromatic nitrogens is 2. The minimum atomic E-state index is -0.552. The molecule has 0 fully saturated rings. The van der Waals surface area contributed by atoms with Crippen LogP contribution < -0.4 is 10.3 Å². The highest BCUT2D eigenvalue weighted by Gasteiger charge is 2.18. The molecule has 0 aliphatic carbocycles. The van der Waals surface area contributed by atoms with Crippen molar-refractivity contribution in [1.29, 1.82) is 0 Å². The fourth-order valence-electron chi connectivity index (χ4n) is 4.31. The monoisotopic (exact) mass is 662 g/mol. The molecule has 9 nitrogen and oxygen atoms in total. The van der Waals surface area contributed by atoms with E-state index in [1.165, 1.54) is 18.3 Å². The van der Waals surface area contributed by atoms with Crippen molar-refractivity contribution >= 4 is 72.9 Å². The van der Waals surface area contributed by atoms with E-state index in [2.05, 4.69) is 26.0 Å². The topological polar surface area (TPSA) is 113 Å². The molecular formula is C30H17BrCl2N4O5. The lowest BCUT2D eigenvalue weighted by atomic mass is 10.2. The zero-order chi connectivity index (χ0) is 29.4. The van der Waals surface area contributed by atoms with Gasteiger partial charge in [-0.15, -0.1) is 0 Å². The lowest BCUT2D eigenvalue weighted by molar-refractivity contribution is -0.385. The fourth-order valence-corrected chi connectivity index (χ4v) is 5.01. The second-order valence-electron chi connectivity index (χ2n) is 9.13. The first kappa shape index (κ1) is 27.6. The highest BCUT2D eigenvalue weighted by atomic mass is 79.9. The fraction of sp³-hybridized carbons (Fsp3) is 0.0333. The van der Waals surface area contributed by atoms with Gasteiger partial charge in [-0.2, -0.15) is 9.78 Å². The molecule has 0 aliphatic rings. The molecule has 0 amide bonds. The maximum Gasteiger partial charge on any atom is 0.311 e. The molecule has 0 aliphatic heterocycles. The predicted octanol–water partition coefficient (Wildman–Crippen LogP) is 8.25. The number of rotatable bonds is 7. The van der Waals surface area contributed by atoms with E-state index in [0.29, 0.717) is 43.4 Å². The summed E-state index contributed by atoms with van der Waals surface area (Å²) in [6.07, 6.45) is 1.34. The highest BCUT2D eigenvalue weighted by Crippen LogP contribution is 2.31. The Hall–Kier alpha value is -4.51. The van der Waals surface area contributed by atoms with Crippen molar-refractivity contribution in [3.63, 3.8) is 0 Å². The molecule has 0 spiro atoms. The molecule has 208 valence electrons. The minimum Gasteiger partial charge on any atom is -0.482 e. The number of furan rings is 1. The number of para-hydroxylation sites is 1. The average Bonchev–Trinajstić information content (AvgIpc) is 3.40. The smallest absolute Gasteiger partial charge is 0.311 e. The molecule has 0 saturated heterocycles. The maximum atomic E-state index is 13.5. The number of ether oxygens (including phenoxy) is 1. The molecule has 0 atom stereocenters. The Morgan fingerprint density at radius 2 is 1.86 bits per heavy atom. The molecule has 0 N–H and O–H groups in total. The van der Waals surface area contributed by atoms with Gasteiger partial charge in [-0.3, -0.25) is 14.9 Å². The summed E-state index contributed by atoms with van der Waals surface area (Å²) in [6, 6.07) is 23.6. The van der Waals surface area contributed by atoms with Crippen LogP contribution in [0.2, 0.25) is 10.0 Å². The van der Waals surface area contributed by atoms with E-state index in [0.717, 1.165) is 14.5 Å². The second-order valence-corrected chi connectivity index (χ2v) is 10.9. The maximum absolute atomic E-state index is 13.5. The van der Waals surface area contributed by atoms with Crippen LogP contribution in [0, 0.1) is 10.1 Å². The predicted molar refractivity (Wildman–Crippen MR) is 166 cm³/mol. The normalized spacial score (nSPS) is 11.5. The standard InChI is InChI=1S/C30H17BrCl2N4O5/c31-20-7-10-26-19(13-20)14-28(42-26)29-35-24-4-2-1-3-21(24)30(38)36(29)34-15-17-6-9-27(25(12-17)37(39)40)41-16-18-5-8-22(32)23(33)11-18/h1-15H,16H2. The van der Waals surface area contributed by atoms with Crippen molar-refractivity contribution in [3.05, 3.63) is 131 Å². The Bertz CT molecular complexity index is 2110. The number of nitro groups is 1. The van der Waals surface area contributed by atoms with E-state index in [-0.39, 0.29) is 23.9 Å². The van der Waals surface area contributed by atoms with Crippen molar-refractivity contribution in [2.45, 2.75) is 6.61 Å². The quantitative estimate of drug-likeness (QED) is 0.0966. The summed E-state index contributed by atoms with van der Waals surface area (Å²) in [5, 5.41) is 18.2. The van der Waals surface area contributed by atoms with Gasteiger partial charge >= 0.3 is 5.69 Å². The first-order chi connectivity index (χ1) is 20.3. The molecule has 2 heterocycles. The van der Waals surface area contributed by atoms with Gasteiger partial charge in [-0.25, -0.2) is 4.98 Å². The first-order valence-corrected chi connectivity index (χ1v) is 13.9. The van der Waals surface area contributed by atoms with Gasteiger partial charge in [0.05, 0.1) is 32.1 Å². The summed E-state index contributed by atoms with van der Waals surface area (Å²) >= 11 is 15.5. The van der Waals surface area contributed by atoms with Crippen LogP contribution in [0.4, 0.5) is 5.69 Å². The van der Waals surface area contributed by atoms with Crippen LogP contribution >= 0.6 is 39.1 Å². The van der Waals surface area contributed by atoms with Crippen molar-refractivity contribution < 1.29 is 14.1 Å². The van der Waals surface area contributed by atoms with E-state index in [1.54, 1.807) is 60.7 Å². The van der Waals surface area contributed by atoms with Gasteiger partial charge in [0.1, 0.15) is 12.2 Å². The zero-order valence-electron chi connectivity index (χ0n) is 21.3. The molecule has 6 rings (SSSR count). The minimum absolute atomic E-state index is 0.0424. The van der Waals surface area contributed by atoms with Gasteiger partial charge in [0.2, 0.25) is 5.82 Å².